The molecule has 0 aromatic heterocycles. The maximum Gasteiger partial charge on any atom is 0.0858 e. The van der Waals surface area contributed by atoms with Crippen LogP contribution in [0.15, 0.2) is 47.5 Å². The van der Waals surface area contributed by atoms with Crippen molar-refractivity contribution >= 4 is 33.1 Å². The Morgan fingerprint density at radius 2 is 1.79 bits per heavy atom. The lowest BCUT2D eigenvalue weighted by molar-refractivity contribution is 1.23. The highest BCUT2D eigenvalue weighted by atomic mass is 79.9. The van der Waals surface area contributed by atoms with Crippen molar-refractivity contribution in [2.45, 2.75) is 6.42 Å². The minimum Gasteiger partial charge on any atom is -0.0875 e. The second-order valence-electron chi connectivity index (χ2n) is 3.15. The third kappa shape index (κ3) is 2.10. The van der Waals surface area contributed by atoms with E-state index in [9.17, 15) is 0 Å². The van der Waals surface area contributed by atoms with Gasteiger partial charge in [0, 0.05) is 5.03 Å². The lowest BCUT2D eigenvalue weighted by Crippen LogP contribution is -1.96. The molecule has 0 spiro atoms. The Bertz CT molecular complexity index is 379. The van der Waals surface area contributed by atoms with E-state index < -0.39 is 0 Å². The molecule has 1 aliphatic carbocycles. The van der Waals surface area contributed by atoms with Gasteiger partial charge in [-0.25, -0.2) is 0 Å². The minimum absolute atomic E-state index is 0.796. The van der Waals surface area contributed by atoms with Crippen molar-refractivity contribution < 1.29 is 0 Å². The van der Waals surface area contributed by atoms with Gasteiger partial charge < -0.3 is 0 Å². The van der Waals surface area contributed by atoms with Crippen molar-refractivity contribution in [1.29, 1.82) is 0 Å². The molecule has 0 saturated carbocycles. The fourth-order valence-electron chi connectivity index (χ4n) is 1.43. The second-order valence-corrected chi connectivity index (χ2v) is 4.52. The van der Waals surface area contributed by atoms with Gasteiger partial charge in [-0.05, 0) is 23.6 Å². The summed E-state index contributed by atoms with van der Waals surface area (Å²) in [5.41, 5.74) is 2.55. The van der Waals surface area contributed by atoms with Gasteiger partial charge in [0.1, 0.15) is 0 Å². The molecule has 1 aliphatic rings. The number of hydrogen-bond acceptors (Lipinski definition) is 0. The molecule has 0 heterocycles. The van der Waals surface area contributed by atoms with E-state index in [0.29, 0.717) is 0 Å². The Kier molecular flexibility index (Phi) is 3.09. The summed E-state index contributed by atoms with van der Waals surface area (Å²) in [5.74, 6) is 0. The zero-order valence-corrected chi connectivity index (χ0v) is 9.85. The maximum absolute atomic E-state index is 5.95. The van der Waals surface area contributed by atoms with Gasteiger partial charge in [-0.2, -0.15) is 0 Å². The molecule has 0 fully saturated rings. The summed E-state index contributed by atoms with van der Waals surface area (Å²) in [4.78, 5) is 1.06. The summed E-state index contributed by atoms with van der Waals surface area (Å²) >= 11 is 9.42. The van der Waals surface area contributed by atoms with Crippen LogP contribution >= 0.6 is 27.5 Å². The highest BCUT2D eigenvalue weighted by Gasteiger charge is 2.16. The van der Waals surface area contributed by atoms with Crippen LogP contribution in [0.3, 0.4) is 0 Å². The van der Waals surface area contributed by atoms with Gasteiger partial charge in [0.2, 0.25) is 0 Å². The van der Waals surface area contributed by atoms with Crippen molar-refractivity contribution in [3.63, 3.8) is 0 Å². The van der Waals surface area contributed by atoms with Crippen molar-refractivity contribution in [3.8, 4) is 0 Å². The van der Waals surface area contributed by atoms with Crippen LogP contribution in [0.5, 0.6) is 0 Å². The molecular weight excluding hydrogens is 259 g/mol. The average Bonchev–Trinajstić information content (AvgIpc) is 2.23. The van der Waals surface area contributed by atoms with Gasteiger partial charge in [-0.15, -0.1) is 0 Å². The molecule has 1 radical (unpaired) electrons. The van der Waals surface area contributed by atoms with Gasteiger partial charge in [-0.3, -0.25) is 0 Å². The van der Waals surface area contributed by atoms with E-state index in [-0.39, 0.29) is 0 Å². The van der Waals surface area contributed by atoms with Gasteiger partial charge in [0.25, 0.3) is 0 Å². The first-order valence-corrected chi connectivity index (χ1v) is 5.58. The zero-order chi connectivity index (χ0) is 9.97. The Morgan fingerprint density at radius 1 is 1.07 bits per heavy atom. The Labute approximate surface area is 97.4 Å². The van der Waals surface area contributed by atoms with Crippen LogP contribution < -0.4 is 0 Å². The second kappa shape index (κ2) is 4.33. The molecule has 0 bridgehead atoms. The fraction of sp³-hybridized carbons (Fsp3) is 0.0833. The topological polar surface area (TPSA) is 0 Å². The molecule has 0 N–H and O–H groups in total. The predicted octanol–water partition coefficient (Wildman–Crippen LogP) is 4.52. The first-order valence-electron chi connectivity index (χ1n) is 4.41. The van der Waals surface area contributed by atoms with Crippen LogP contribution in [0.1, 0.15) is 12.0 Å². The minimum atomic E-state index is 0.796. The molecule has 1 aromatic carbocycles. The summed E-state index contributed by atoms with van der Waals surface area (Å²) in [6.45, 7) is 0. The van der Waals surface area contributed by atoms with Crippen molar-refractivity contribution in [3.05, 3.63) is 57.9 Å². The zero-order valence-electron chi connectivity index (χ0n) is 7.50. The molecule has 0 unspecified atom stereocenters. The molecule has 71 valence electrons. The van der Waals surface area contributed by atoms with E-state index >= 15 is 0 Å². The van der Waals surface area contributed by atoms with Crippen molar-refractivity contribution in [2.75, 3.05) is 0 Å². The number of benzene rings is 1. The quantitative estimate of drug-likeness (QED) is 0.702. The predicted molar refractivity (Wildman–Crippen MR) is 65.1 cm³/mol. The molecule has 0 atom stereocenters. The van der Waals surface area contributed by atoms with Gasteiger partial charge in [-0.1, -0.05) is 63.9 Å². The largest absolute Gasteiger partial charge is 0.0875 e. The van der Waals surface area contributed by atoms with Gasteiger partial charge in [0.15, 0.2) is 0 Å². The molecular formula is C12H9BrCl. The Balaban J connectivity index is 2.30. The molecule has 0 aliphatic heterocycles. The van der Waals surface area contributed by atoms with E-state index in [1.807, 2.05) is 24.3 Å². The van der Waals surface area contributed by atoms with Gasteiger partial charge >= 0.3 is 0 Å². The average molecular weight is 269 g/mol. The Morgan fingerprint density at radius 3 is 2.43 bits per heavy atom. The standard InChI is InChI=1S/C12H9BrCl/c13-11-8-10(6-7-12(11)14)9-4-2-1-3-5-9/h1-7H,8H2. The highest BCUT2D eigenvalue weighted by Crippen LogP contribution is 2.38. The third-order valence-corrected chi connectivity index (χ3v) is 3.47. The van der Waals surface area contributed by atoms with Crippen LogP contribution in [-0.4, -0.2) is 0 Å². The van der Waals surface area contributed by atoms with Gasteiger partial charge in [0.05, 0.1) is 4.83 Å². The number of rotatable bonds is 1. The fourth-order valence-corrected chi connectivity index (χ4v) is 1.99. The van der Waals surface area contributed by atoms with Crippen molar-refractivity contribution in [2.24, 2.45) is 0 Å². The van der Waals surface area contributed by atoms with E-state index in [1.54, 1.807) is 0 Å². The SMILES string of the molecule is ClC1=CC=C(c2ccccc2)C[C]1Br. The monoisotopic (exact) mass is 267 g/mol. The highest BCUT2D eigenvalue weighted by molar-refractivity contribution is 9.11. The van der Waals surface area contributed by atoms with E-state index in [4.69, 9.17) is 11.6 Å². The summed E-state index contributed by atoms with van der Waals surface area (Å²) in [6.07, 6.45) is 4.87. The molecule has 14 heavy (non-hydrogen) atoms. The molecule has 2 heteroatoms. The normalized spacial score (nSPS) is 17.6. The number of halogens is 2. The maximum atomic E-state index is 5.95. The van der Waals surface area contributed by atoms with Crippen LogP contribution in [0.25, 0.3) is 5.57 Å². The summed E-state index contributed by atoms with van der Waals surface area (Å²) in [5, 5.41) is 0.796. The summed E-state index contributed by atoms with van der Waals surface area (Å²) < 4.78 is 0. The van der Waals surface area contributed by atoms with Crippen molar-refractivity contribution in [1.82, 2.24) is 0 Å². The van der Waals surface area contributed by atoms with E-state index in [0.717, 1.165) is 16.3 Å². The lowest BCUT2D eigenvalue weighted by Gasteiger charge is -2.15. The summed E-state index contributed by atoms with van der Waals surface area (Å²) in [6, 6.07) is 10.3. The first kappa shape index (κ1) is 10.0. The smallest absolute Gasteiger partial charge is 0.0858 e. The van der Waals surface area contributed by atoms with Crippen LogP contribution in [0.2, 0.25) is 0 Å². The first-order chi connectivity index (χ1) is 6.77. The molecule has 0 saturated heterocycles. The molecule has 1 aromatic rings. The molecule has 0 amide bonds. The number of hydrogen-bond donors (Lipinski definition) is 0. The Hall–Kier alpha value is -0.530. The van der Waals surface area contributed by atoms with E-state index in [2.05, 4.69) is 34.1 Å². The lowest BCUT2D eigenvalue weighted by atomic mass is 9.97. The van der Waals surface area contributed by atoms with Crippen LogP contribution in [0, 0.1) is 4.83 Å². The number of allylic oxidation sites excluding steroid dienone is 4. The van der Waals surface area contributed by atoms with Crippen LogP contribution in [-0.2, 0) is 0 Å². The van der Waals surface area contributed by atoms with E-state index in [1.165, 1.54) is 11.1 Å². The molecule has 0 nitrogen and oxygen atoms in total. The molecule has 2 rings (SSSR count). The third-order valence-electron chi connectivity index (χ3n) is 2.18. The summed E-state index contributed by atoms with van der Waals surface area (Å²) in [7, 11) is 0. The van der Waals surface area contributed by atoms with Crippen LogP contribution in [0.4, 0.5) is 0 Å².